The van der Waals surface area contributed by atoms with Gasteiger partial charge in [-0.3, -0.25) is 4.79 Å². The van der Waals surface area contributed by atoms with Crippen LogP contribution in [0.2, 0.25) is 0 Å². The molecule has 1 aliphatic rings. The van der Waals surface area contributed by atoms with Gasteiger partial charge in [0.2, 0.25) is 5.91 Å². The number of nitrogens with zero attached hydrogens (tertiary/aromatic N) is 3. The maximum Gasteiger partial charge on any atom is 0.348 e. The Balaban J connectivity index is 1.89. The number of rotatable bonds is 8. The second-order valence-corrected chi connectivity index (χ2v) is 11.1. The van der Waals surface area contributed by atoms with Gasteiger partial charge >= 0.3 is 12.0 Å². The number of carboxylic acids is 1. The first kappa shape index (κ1) is 25.1. The van der Waals surface area contributed by atoms with Crippen molar-refractivity contribution in [2.75, 3.05) is 11.5 Å². The number of carboxylic acid groups (broad SMARTS) is 1. The zero-order chi connectivity index (χ0) is 24.2. The van der Waals surface area contributed by atoms with E-state index in [9.17, 15) is 14.7 Å². The lowest BCUT2D eigenvalue weighted by Crippen LogP contribution is -2.44. The quantitative estimate of drug-likeness (QED) is 0.540. The largest absolute Gasteiger partial charge is 0.477 e. The zero-order valence-electron chi connectivity index (χ0n) is 20.2. The van der Waals surface area contributed by atoms with E-state index in [2.05, 4.69) is 37.7 Å². The van der Waals surface area contributed by atoms with Crippen molar-refractivity contribution in [3.8, 4) is 6.01 Å². The molecule has 2 heterocycles. The van der Waals surface area contributed by atoms with Crippen LogP contribution < -0.4 is 9.64 Å². The SMILES string of the molecule is CC1CCC(C(=O)N(c2cc(C(C)(C)C)sc2C(=O)O)[C@@H](C)CCOc2ncccn2)CC1. The first-order valence-electron chi connectivity index (χ1n) is 11.7. The van der Waals surface area contributed by atoms with Crippen LogP contribution in [0.5, 0.6) is 6.01 Å². The standard InChI is InChI=1S/C25H35N3O4S/c1-16-7-9-18(10-8-16)22(29)28(17(2)11-14-32-24-26-12-6-13-27-24)19-15-20(25(3,4)5)33-21(19)23(30)31/h6,12-13,15-18H,7-11,14H2,1-5H3,(H,30,31)/t16?,17-,18?/m0/s1. The van der Waals surface area contributed by atoms with Crippen LogP contribution in [0.1, 0.15) is 81.3 Å². The Hall–Kier alpha value is -2.48. The summed E-state index contributed by atoms with van der Waals surface area (Å²) in [4.78, 5) is 37.0. The number of anilines is 1. The highest BCUT2D eigenvalue weighted by Crippen LogP contribution is 2.40. The second kappa shape index (κ2) is 10.6. The molecule has 1 fully saturated rings. The van der Waals surface area contributed by atoms with Crippen LogP contribution in [-0.4, -0.2) is 39.6 Å². The molecule has 0 saturated heterocycles. The summed E-state index contributed by atoms with van der Waals surface area (Å²) >= 11 is 1.26. The summed E-state index contributed by atoms with van der Waals surface area (Å²) in [5.41, 5.74) is 0.295. The molecule has 0 aliphatic heterocycles. The van der Waals surface area contributed by atoms with E-state index in [1.54, 1.807) is 23.4 Å². The summed E-state index contributed by atoms with van der Waals surface area (Å²) in [7, 11) is 0. The van der Waals surface area contributed by atoms with Crippen molar-refractivity contribution in [3.63, 3.8) is 0 Å². The predicted octanol–water partition coefficient (Wildman–Crippen LogP) is 5.55. The van der Waals surface area contributed by atoms with Gasteiger partial charge < -0.3 is 14.7 Å². The van der Waals surface area contributed by atoms with Crippen molar-refractivity contribution < 1.29 is 19.4 Å². The normalized spacial score (nSPS) is 19.7. The molecule has 1 N–H and O–H groups in total. The highest BCUT2D eigenvalue weighted by molar-refractivity contribution is 7.14. The average molecular weight is 474 g/mol. The topological polar surface area (TPSA) is 92.6 Å². The van der Waals surface area contributed by atoms with Gasteiger partial charge in [-0.2, -0.15) is 0 Å². The fourth-order valence-electron chi connectivity index (χ4n) is 4.17. The molecular weight excluding hydrogens is 438 g/mol. The molecule has 2 aromatic heterocycles. The lowest BCUT2D eigenvalue weighted by atomic mass is 9.82. The summed E-state index contributed by atoms with van der Waals surface area (Å²) in [6.07, 6.45) is 7.50. The summed E-state index contributed by atoms with van der Waals surface area (Å²) < 4.78 is 5.67. The number of thiophene rings is 1. The minimum atomic E-state index is -0.998. The Kier molecular flexibility index (Phi) is 8.10. The van der Waals surface area contributed by atoms with Crippen molar-refractivity contribution >= 4 is 28.9 Å². The molecule has 3 rings (SSSR count). The molecule has 1 amide bonds. The Morgan fingerprint density at radius 2 is 1.85 bits per heavy atom. The smallest absolute Gasteiger partial charge is 0.348 e. The molecule has 1 aliphatic carbocycles. The number of amides is 1. The number of carbonyl (C=O) groups excluding carboxylic acids is 1. The van der Waals surface area contributed by atoms with Crippen molar-refractivity contribution in [2.24, 2.45) is 11.8 Å². The van der Waals surface area contributed by atoms with E-state index in [4.69, 9.17) is 4.74 Å². The van der Waals surface area contributed by atoms with Crippen molar-refractivity contribution in [3.05, 3.63) is 34.3 Å². The minimum Gasteiger partial charge on any atom is -0.477 e. The van der Waals surface area contributed by atoms with Crippen LogP contribution in [0.25, 0.3) is 0 Å². The third-order valence-electron chi connectivity index (χ3n) is 6.26. The Morgan fingerprint density at radius 3 is 2.42 bits per heavy atom. The van der Waals surface area contributed by atoms with Crippen LogP contribution in [0.3, 0.4) is 0 Å². The highest BCUT2D eigenvalue weighted by atomic mass is 32.1. The number of aromatic nitrogens is 2. The molecule has 8 heteroatoms. The number of hydrogen-bond acceptors (Lipinski definition) is 6. The van der Waals surface area contributed by atoms with Crippen LogP contribution in [0.15, 0.2) is 24.5 Å². The lowest BCUT2D eigenvalue weighted by Gasteiger charge is -2.35. The van der Waals surface area contributed by atoms with Crippen molar-refractivity contribution in [1.29, 1.82) is 0 Å². The number of ether oxygens (including phenoxy) is 1. The molecule has 1 saturated carbocycles. The predicted molar refractivity (Wildman–Crippen MR) is 130 cm³/mol. The van der Waals surface area contributed by atoms with Crippen LogP contribution in [0.4, 0.5) is 5.69 Å². The van der Waals surface area contributed by atoms with Gasteiger partial charge in [-0.15, -0.1) is 11.3 Å². The third kappa shape index (κ3) is 6.31. The Morgan fingerprint density at radius 1 is 1.21 bits per heavy atom. The summed E-state index contributed by atoms with van der Waals surface area (Å²) in [6, 6.07) is 3.68. The molecule has 180 valence electrons. The molecule has 0 radical (unpaired) electrons. The van der Waals surface area contributed by atoms with Crippen molar-refractivity contribution in [1.82, 2.24) is 9.97 Å². The van der Waals surface area contributed by atoms with Gasteiger partial charge in [-0.05, 0) is 56.1 Å². The molecule has 2 aromatic rings. The minimum absolute atomic E-state index is 0.0196. The molecule has 7 nitrogen and oxygen atoms in total. The zero-order valence-corrected chi connectivity index (χ0v) is 21.0. The first-order valence-corrected chi connectivity index (χ1v) is 12.5. The summed E-state index contributed by atoms with van der Waals surface area (Å²) in [5.74, 6) is -0.433. The van der Waals surface area contributed by atoms with Gasteiger partial charge in [0.1, 0.15) is 4.88 Å². The van der Waals surface area contributed by atoms with Crippen LogP contribution in [0, 0.1) is 11.8 Å². The molecule has 0 unspecified atom stereocenters. The van der Waals surface area contributed by atoms with Crippen molar-refractivity contribution in [2.45, 2.75) is 78.2 Å². The Bertz CT molecular complexity index is 946. The number of aromatic carboxylic acids is 1. The maximum absolute atomic E-state index is 13.8. The van der Waals surface area contributed by atoms with Gasteiger partial charge in [-0.25, -0.2) is 14.8 Å². The second-order valence-electron chi connectivity index (χ2n) is 10.1. The summed E-state index contributed by atoms with van der Waals surface area (Å²) in [6.45, 7) is 10.7. The van der Waals surface area contributed by atoms with Gasteiger partial charge in [0.25, 0.3) is 0 Å². The summed E-state index contributed by atoms with van der Waals surface area (Å²) in [5, 5.41) is 9.96. The first-order chi connectivity index (χ1) is 15.6. The van der Waals surface area contributed by atoms with Gasteiger partial charge in [0, 0.05) is 35.7 Å². The molecule has 0 spiro atoms. The van der Waals surface area contributed by atoms with Crippen LogP contribution in [-0.2, 0) is 10.2 Å². The molecule has 0 aromatic carbocycles. The molecular formula is C25H35N3O4S. The van der Waals surface area contributed by atoms with E-state index in [0.29, 0.717) is 30.6 Å². The van der Waals surface area contributed by atoms with E-state index in [-0.39, 0.29) is 28.2 Å². The van der Waals surface area contributed by atoms with E-state index < -0.39 is 5.97 Å². The number of carbonyl (C=O) groups is 2. The van der Waals surface area contributed by atoms with Gasteiger partial charge in [-0.1, -0.05) is 27.7 Å². The average Bonchev–Trinajstić information content (AvgIpc) is 3.21. The maximum atomic E-state index is 13.8. The van der Waals surface area contributed by atoms with E-state index >= 15 is 0 Å². The number of hydrogen-bond donors (Lipinski definition) is 1. The molecule has 33 heavy (non-hydrogen) atoms. The fraction of sp³-hybridized carbons (Fsp3) is 0.600. The van der Waals surface area contributed by atoms with E-state index in [1.165, 1.54) is 11.3 Å². The fourth-order valence-corrected chi connectivity index (χ4v) is 5.22. The van der Waals surface area contributed by atoms with Crippen LogP contribution >= 0.6 is 11.3 Å². The van der Waals surface area contributed by atoms with E-state index in [1.807, 2.05) is 13.0 Å². The molecule has 0 bridgehead atoms. The lowest BCUT2D eigenvalue weighted by molar-refractivity contribution is -0.124. The Labute approximate surface area is 200 Å². The molecule has 1 atom stereocenters. The third-order valence-corrected chi connectivity index (χ3v) is 7.80. The highest BCUT2D eigenvalue weighted by Gasteiger charge is 2.35. The monoisotopic (exact) mass is 473 g/mol. The van der Waals surface area contributed by atoms with E-state index in [0.717, 1.165) is 30.6 Å². The van der Waals surface area contributed by atoms with Gasteiger partial charge in [0.15, 0.2) is 0 Å². The van der Waals surface area contributed by atoms with Gasteiger partial charge in [0.05, 0.1) is 12.3 Å².